The van der Waals surface area contributed by atoms with Crippen molar-refractivity contribution in [1.29, 1.82) is 0 Å². The van der Waals surface area contributed by atoms with Crippen LogP contribution in [0.5, 0.6) is 0 Å². The molecule has 0 bridgehead atoms. The van der Waals surface area contributed by atoms with Crippen LogP contribution in [0.1, 0.15) is 5.56 Å². The third-order valence-electron chi connectivity index (χ3n) is 2.52. The first kappa shape index (κ1) is 14.2. The smallest absolute Gasteiger partial charge is 0.0240 e. The average Bonchev–Trinajstić information content (AvgIpc) is 2.40. The van der Waals surface area contributed by atoms with Gasteiger partial charge in [0.15, 0.2) is 0 Å². The molecular formula is C17H21N. The van der Waals surface area contributed by atoms with E-state index >= 15 is 0 Å². The van der Waals surface area contributed by atoms with Crippen molar-refractivity contribution in [2.24, 2.45) is 0 Å². The number of nitrogens with zero attached hydrogens (tertiary/aromatic N) is 1. The van der Waals surface area contributed by atoms with Crippen molar-refractivity contribution >= 4 is 0 Å². The molecule has 94 valence electrons. The summed E-state index contributed by atoms with van der Waals surface area (Å²) in [4.78, 5) is 2.36. The van der Waals surface area contributed by atoms with Crippen molar-refractivity contribution in [3.05, 3.63) is 85.5 Å². The molecule has 0 unspecified atom stereocenters. The highest BCUT2D eigenvalue weighted by molar-refractivity contribution is 5.15. The van der Waals surface area contributed by atoms with E-state index in [9.17, 15) is 0 Å². The van der Waals surface area contributed by atoms with Gasteiger partial charge in [0, 0.05) is 19.6 Å². The lowest BCUT2D eigenvalue weighted by Gasteiger charge is -2.18. The Morgan fingerprint density at radius 3 is 1.94 bits per heavy atom. The third kappa shape index (κ3) is 6.02. The van der Waals surface area contributed by atoms with Crippen molar-refractivity contribution in [2.45, 2.75) is 6.54 Å². The zero-order chi connectivity index (χ0) is 13.1. The summed E-state index contributed by atoms with van der Waals surface area (Å²) in [7, 11) is 0. The van der Waals surface area contributed by atoms with E-state index in [1.807, 2.05) is 18.2 Å². The predicted molar refractivity (Wildman–Crippen MR) is 80.4 cm³/mol. The van der Waals surface area contributed by atoms with Crippen LogP contribution in [0.4, 0.5) is 0 Å². The summed E-state index contributed by atoms with van der Waals surface area (Å²) < 4.78 is 0. The number of rotatable bonds is 8. The van der Waals surface area contributed by atoms with Gasteiger partial charge in [-0.3, -0.25) is 4.90 Å². The maximum Gasteiger partial charge on any atom is 0.0240 e. The molecule has 18 heavy (non-hydrogen) atoms. The van der Waals surface area contributed by atoms with E-state index in [1.165, 1.54) is 5.56 Å². The van der Waals surface area contributed by atoms with E-state index in [4.69, 9.17) is 0 Å². The maximum atomic E-state index is 3.68. The Hall–Kier alpha value is -1.86. The quantitative estimate of drug-likeness (QED) is 0.620. The molecule has 1 nitrogen and oxygen atoms in total. The Balaban J connectivity index is 2.58. The molecule has 0 aliphatic heterocycles. The van der Waals surface area contributed by atoms with Gasteiger partial charge in [0.25, 0.3) is 0 Å². The summed E-state index contributed by atoms with van der Waals surface area (Å²) in [6.45, 7) is 10.2. The Morgan fingerprint density at radius 2 is 1.44 bits per heavy atom. The summed E-state index contributed by atoms with van der Waals surface area (Å²) >= 11 is 0. The van der Waals surface area contributed by atoms with E-state index in [0.717, 1.165) is 19.6 Å². The Kier molecular flexibility index (Phi) is 7.26. The Labute approximate surface area is 110 Å². The van der Waals surface area contributed by atoms with Crippen LogP contribution >= 0.6 is 0 Å². The molecule has 0 fully saturated rings. The van der Waals surface area contributed by atoms with Gasteiger partial charge in [-0.25, -0.2) is 0 Å². The summed E-state index contributed by atoms with van der Waals surface area (Å²) in [5, 5.41) is 0. The fraction of sp³-hybridized carbons (Fsp3) is 0.176. The zero-order valence-corrected chi connectivity index (χ0v) is 10.8. The molecule has 1 aromatic rings. The molecule has 1 aromatic carbocycles. The summed E-state index contributed by atoms with van der Waals surface area (Å²) in [6, 6.07) is 10.5. The lowest BCUT2D eigenvalue weighted by Crippen LogP contribution is -2.23. The van der Waals surface area contributed by atoms with Crippen molar-refractivity contribution in [3.8, 4) is 0 Å². The topological polar surface area (TPSA) is 3.24 Å². The van der Waals surface area contributed by atoms with Gasteiger partial charge < -0.3 is 0 Å². The van der Waals surface area contributed by atoms with Crippen molar-refractivity contribution < 1.29 is 0 Å². The van der Waals surface area contributed by atoms with Gasteiger partial charge in [-0.05, 0) is 5.56 Å². The first-order valence-corrected chi connectivity index (χ1v) is 6.18. The molecule has 1 rings (SSSR count). The summed E-state index contributed by atoms with van der Waals surface area (Å²) in [5.74, 6) is 0. The highest BCUT2D eigenvalue weighted by Crippen LogP contribution is 2.04. The number of benzene rings is 1. The van der Waals surface area contributed by atoms with Crippen LogP contribution in [-0.4, -0.2) is 18.0 Å². The second-order valence-corrected chi connectivity index (χ2v) is 4.01. The molecule has 0 radical (unpaired) electrons. The van der Waals surface area contributed by atoms with Crippen LogP contribution in [0, 0.1) is 0 Å². The van der Waals surface area contributed by atoms with E-state index < -0.39 is 0 Å². The van der Waals surface area contributed by atoms with E-state index in [0.29, 0.717) is 0 Å². The molecular weight excluding hydrogens is 218 g/mol. The second kappa shape index (κ2) is 9.20. The minimum atomic E-state index is 0.919. The van der Waals surface area contributed by atoms with E-state index in [1.54, 1.807) is 12.2 Å². The summed E-state index contributed by atoms with van der Waals surface area (Å²) in [6.07, 6.45) is 11.8. The third-order valence-corrected chi connectivity index (χ3v) is 2.52. The van der Waals surface area contributed by atoms with Gasteiger partial charge in [0.1, 0.15) is 0 Å². The van der Waals surface area contributed by atoms with Crippen LogP contribution in [0.15, 0.2) is 79.9 Å². The fourth-order valence-corrected chi connectivity index (χ4v) is 1.66. The van der Waals surface area contributed by atoms with Gasteiger partial charge in [0.2, 0.25) is 0 Å². The molecule has 0 saturated heterocycles. The lowest BCUT2D eigenvalue weighted by atomic mass is 10.2. The highest BCUT2D eigenvalue weighted by Gasteiger charge is 2.01. The Morgan fingerprint density at radius 1 is 0.889 bits per heavy atom. The molecule has 0 aliphatic rings. The van der Waals surface area contributed by atoms with Gasteiger partial charge in [-0.2, -0.15) is 0 Å². The van der Waals surface area contributed by atoms with Crippen LogP contribution in [0.3, 0.4) is 0 Å². The SMILES string of the molecule is C=C/C=C/CN(C/C=C/C=C)Cc1ccccc1. The van der Waals surface area contributed by atoms with Crippen LogP contribution in [0.25, 0.3) is 0 Å². The predicted octanol–water partition coefficient (Wildman–Crippen LogP) is 3.97. The molecule has 0 amide bonds. The monoisotopic (exact) mass is 239 g/mol. The van der Waals surface area contributed by atoms with Crippen molar-refractivity contribution in [2.75, 3.05) is 13.1 Å². The van der Waals surface area contributed by atoms with Gasteiger partial charge in [-0.1, -0.05) is 79.9 Å². The first-order chi connectivity index (χ1) is 8.86. The molecule has 0 spiro atoms. The van der Waals surface area contributed by atoms with Gasteiger partial charge >= 0.3 is 0 Å². The van der Waals surface area contributed by atoms with Crippen LogP contribution in [0.2, 0.25) is 0 Å². The van der Waals surface area contributed by atoms with Crippen LogP contribution in [-0.2, 0) is 6.54 Å². The van der Waals surface area contributed by atoms with E-state index in [2.05, 4.69) is 54.5 Å². The number of hydrogen-bond acceptors (Lipinski definition) is 1. The van der Waals surface area contributed by atoms with Gasteiger partial charge in [0.05, 0.1) is 0 Å². The molecule has 0 saturated carbocycles. The maximum absolute atomic E-state index is 3.68. The van der Waals surface area contributed by atoms with Crippen LogP contribution < -0.4 is 0 Å². The first-order valence-electron chi connectivity index (χ1n) is 6.18. The lowest BCUT2D eigenvalue weighted by molar-refractivity contribution is 0.327. The Bertz CT molecular complexity index is 381. The average molecular weight is 239 g/mol. The molecule has 0 aliphatic carbocycles. The minimum Gasteiger partial charge on any atom is -0.292 e. The minimum absolute atomic E-state index is 0.919. The summed E-state index contributed by atoms with van der Waals surface area (Å²) in [5.41, 5.74) is 1.33. The molecule has 0 atom stereocenters. The van der Waals surface area contributed by atoms with Gasteiger partial charge in [-0.15, -0.1) is 0 Å². The zero-order valence-electron chi connectivity index (χ0n) is 10.8. The molecule has 0 heterocycles. The molecule has 0 aromatic heterocycles. The van der Waals surface area contributed by atoms with Crippen molar-refractivity contribution in [1.82, 2.24) is 4.90 Å². The van der Waals surface area contributed by atoms with Crippen molar-refractivity contribution in [3.63, 3.8) is 0 Å². The van der Waals surface area contributed by atoms with E-state index in [-0.39, 0.29) is 0 Å². The second-order valence-electron chi connectivity index (χ2n) is 4.01. The normalized spacial score (nSPS) is 11.4. The largest absolute Gasteiger partial charge is 0.292 e. The standard InChI is InChI=1S/C17H21N/c1-3-5-10-14-18(15-11-6-4-2)16-17-12-8-7-9-13-17/h3-13H,1-2,14-16H2/b10-5+,11-6+. The number of allylic oxidation sites excluding steroid dienone is 4. The highest BCUT2D eigenvalue weighted by atomic mass is 15.1. The fourth-order valence-electron chi connectivity index (χ4n) is 1.66. The molecule has 1 heteroatoms. The number of hydrogen-bond donors (Lipinski definition) is 0. The molecule has 0 N–H and O–H groups in total.